The molecule has 1 aromatic carbocycles. The Morgan fingerprint density at radius 2 is 2.00 bits per heavy atom. The summed E-state index contributed by atoms with van der Waals surface area (Å²) in [6.07, 6.45) is 8.48. The second-order valence-electron chi connectivity index (χ2n) is 6.42. The van der Waals surface area contributed by atoms with Gasteiger partial charge in [0.25, 0.3) is 0 Å². The summed E-state index contributed by atoms with van der Waals surface area (Å²) in [7, 11) is 0. The number of benzene rings is 1. The maximum Gasteiger partial charge on any atom is 0.223 e. The first-order chi connectivity index (χ1) is 11.6. The summed E-state index contributed by atoms with van der Waals surface area (Å²) < 4.78 is 0. The second kappa shape index (κ2) is 9.26. The third-order valence-corrected chi connectivity index (χ3v) is 4.50. The van der Waals surface area contributed by atoms with Gasteiger partial charge in [-0.15, -0.1) is 0 Å². The largest absolute Gasteiger partial charge is 0.356 e. The maximum absolute atomic E-state index is 12.1. The van der Waals surface area contributed by atoms with Gasteiger partial charge in [0.1, 0.15) is 0 Å². The number of anilines is 1. The number of hydrogen-bond donors (Lipinski definition) is 1. The van der Waals surface area contributed by atoms with Gasteiger partial charge < -0.3 is 10.2 Å². The molecule has 1 aliphatic carbocycles. The van der Waals surface area contributed by atoms with E-state index in [0.717, 1.165) is 17.7 Å². The lowest BCUT2D eigenvalue weighted by Gasteiger charge is -2.23. The number of para-hydroxylation sites is 1. The predicted molar refractivity (Wildman–Crippen MR) is 98.0 cm³/mol. The van der Waals surface area contributed by atoms with E-state index in [1.165, 1.54) is 31.3 Å². The lowest BCUT2D eigenvalue weighted by atomic mass is 9.97. The molecule has 1 aliphatic rings. The van der Waals surface area contributed by atoms with Crippen molar-refractivity contribution in [3.05, 3.63) is 41.5 Å². The molecule has 2 amide bonds. The van der Waals surface area contributed by atoms with Crippen LogP contribution in [0.25, 0.3) is 0 Å². The highest BCUT2D eigenvalue weighted by Gasteiger charge is 2.15. The number of rotatable bonds is 7. The van der Waals surface area contributed by atoms with E-state index in [-0.39, 0.29) is 11.8 Å². The van der Waals surface area contributed by atoms with E-state index in [1.807, 2.05) is 31.2 Å². The number of aryl methyl sites for hydroxylation is 1. The van der Waals surface area contributed by atoms with Gasteiger partial charge in [0.05, 0.1) is 0 Å². The Kier molecular flexibility index (Phi) is 7.04. The van der Waals surface area contributed by atoms with E-state index >= 15 is 0 Å². The van der Waals surface area contributed by atoms with Gasteiger partial charge in [0, 0.05) is 32.1 Å². The van der Waals surface area contributed by atoms with Gasteiger partial charge in [-0.05, 0) is 50.7 Å². The van der Waals surface area contributed by atoms with E-state index in [1.54, 1.807) is 11.8 Å². The number of carbonyl (C=O) groups is 2. The molecule has 4 heteroatoms. The van der Waals surface area contributed by atoms with Gasteiger partial charge in [0.15, 0.2) is 0 Å². The summed E-state index contributed by atoms with van der Waals surface area (Å²) >= 11 is 0. The quantitative estimate of drug-likeness (QED) is 0.775. The molecule has 130 valence electrons. The van der Waals surface area contributed by atoms with Crippen LogP contribution in [0.3, 0.4) is 0 Å². The number of amides is 2. The van der Waals surface area contributed by atoms with Crippen LogP contribution >= 0.6 is 0 Å². The van der Waals surface area contributed by atoms with E-state index in [0.29, 0.717) is 19.5 Å². The molecule has 4 nitrogen and oxygen atoms in total. The first-order valence-electron chi connectivity index (χ1n) is 8.86. The molecule has 0 saturated heterocycles. The molecule has 0 heterocycles. The highest BCUT2D eigenvalue weighted by Crippen LogP contribution is 2.20. The van der Waals surface area contributed by atoms with Crippen molar-refractivity contribution < 1.29 is 9.59 Å². The molecule has 0 fully saturated rings. The van der Waals surface area contributed by atoms with Gasteiger partial charge in [-0.1, -0.05) is 29.8 Å². The minimum absolute atomic E-state index is 0.00578. The minimum atomic E-state index is -0.0375. The zero-order chi connectivity index (χ0) is 17.4. The fourth-order valence-electron chi connectivity index (χ4n) is 3.11. The van der Waals surface area contributed by atoms with Gasteiger partial charge in [-0.3, -0.25) is 9.59 Å². The van der Waals surface area contributed by atoms with Crippen molar-refractivity contribution in [1.29, 1.82) is 0 Å². The molecule has 0 saturated carbocycles. The van der Waals surface area contributed by atoms with E-state index in [2.05, 4.69) is 11.4 Å². The second-order valence-corrected chi connectivity index (χ2v) is 6.42. The highest BCUT2D eigenvalue weighted by molar-refractivity contribution is 5.93. The molecule has 0 spiro atoms. The van der Waals surface area contributed by atoms with E-state index in [9.17, 15) is 9.59 Å². The van der Waals surface area contributed by atoms with Crippen molar-refractivity contribution in [3.63, 3.8) is 0 Å². The molecule has 0 atom stereocenters. The Bertz CT molecular complexity index is 607. The van der Waals surface area contributed by atoms with Gasteiger partial charge in [0.2, 0.25) is 11.8 Å². The summed E-state index contributed by atoms with van der Waals surface area (Å²) in [5, 5.41) is 2.97. The average Bonchev–Trinajstić information content (AvgIpc) is 2.57. The SMILES string of the molecule is CC(=O)N(CCC(=O)NCCC1=CCCCC1)c1ccccc1C. The Labute approximate surface area is 144 Å². The Morgan fingerprint density at radius 3 is 2.67 bits per heavy atom. The Hall–Kier alpha value is -2.10. The normalized spacial score (nSPS) is 14.0. The van der Waals surface area contributed by atoms with Gasteiger partial charge >= 0.3 is 0 Å². The lowest BCUT2D eigenvalue weighted by molar-refractivity contribution is -0.121. The standard InChI is InChI=1S/C20H28N2O2/c1-16-8-6-7-11-19(16)22(17(2)23)15-13-20(24)21-14-12-18-9-4-3-5-10-18/h6-9,11H,3-5,10,12-15H2,1-2H3,(H,21,24). The number of nitrogens with zero attached hydrogens (tertiary/aromatic N) is 1. The molecule has 0 bridgehead atoms. The molecule has 0 radical (unpaired) electrons. The average molecular weight is 328 g/mol. The number of carbonyl (C=O) groups excluding carboxylic acids is 2. The lowest BCUT2D eigenvalue weighted by Crippen LogP contribution is -2.34. The zero-order valence-corrected chi connectivity index (χ0v) is 14.8. The van der Waals surface area contributed by atoms with Crippen molar-refractivity contribution >= 4 is 17.5 Å². The molecule has 2 rings (SSSR count). The molecular formula is C20H28N2O2. The first-order valence-corrected chi connectivity index (χ1v) is 8.86. The third-order valence-electron chi connectivity index (χ3n) is 4.50. The fraction of sp³-hybridized carbons (Fsp3) is 0.500. The topological polar surface area (TPSA) is 49.4 Å². The van der Waals surface area contributed by atoms with E-state index in [4.69, 9.17) is 0 Å². The Morgan fingerprint density at radius 1 is 1.21 bits per heavy atom. The van der Waals surface area contributed by atoms with Crippen molar-refractivity contribution in [2.75, 3.05) is 18.0 Å². The smallest absolute Gasteiger partial charge is 0.223 e. The summed E-state index contributed by atoms with van der Waals surface area (Å²) in [6, 6.07) is 7.76. The van der Waals surface area contributed by atoms with Gasteiger partial charge in [-0.2, -0.15) is 0 Å². The third kappa shape index (κ3) is 5.52. The molecule has 1 aromatic rings. The van der Waals surface area contributed by atoms with Crippen molar-refractivity contribution in [2.24, 2.45) is 0 Å². The first kappa shape index (κ1) is 18.2. The predicted octanol–water partition coefficient (Wildman–Crippen LogP) is 3.74. The zero-order valence-electron chi connectivity index (χ0n) is 14.8. The summed E-state index contributed by atoms with van der Waals surface area (Å²) in [5.41, 5.74) is 3.38. The highest BCUT2D eigenvalue weighted by atomic mass is 16.2. The van der Waals surface area contributed by atoms with Crippen LogP contribution in [0.5, 0.6) is 0 Å². The molecule has 24 heavy (non-hydrogen) atoms. The molecule has 1 N–H and O–H groups in total. The molecule has 0 aliphatic heterocycles. The molecule has 0 aromatic heterocycles. The van der Waals surface area contributed by atoms with Gasteiger partial charge in [-0.25, -0.2) is 0 Å². The van der Waals surface area contributed by atoms with Crippen LogP contribution in [0.4, 0.5) is 5.69 Å². The van der Waals surface area contributed by atoms with Crippen LogP contribution in [0, 0.1) is 6.92 Å². The van der Waals surface area contributed by atoms with E-state index < -0.39 is 0 Å². The molecular weight excluding hydrogens is 300 g/mol. The van der Waals surface area contributed by atoms with Crippen molar-refractivity contribution in [1.82, 2.24) is 5.32 Å². The number of nitrogens with one attached hydrogen (secondary N) is 1. The van der Waals surface area contributed by atoms with Crippen molar-refractivity contribution in [3.8, 4) is 0 Å². The van der Waals surface area contributed by atoms with Crippen LogP contribution in [-0.4, -0.2) is 24.9 Å². The summed E-state index contributed by atoms with van der Waals surface area (Å²) in [6.45, 7) is 4.62. The van der Waals surface area contributed by atoms with Crippen molar-refractivity contribution in [2.45, 2.75) is 52.4 Å². The summed E-state index contributed by atoms with van der Waals surface area (Å²) in [5.74, 6) is -0.0318. The monoisotopic (exact) mass is 328 g/mol. The van der Waals surface area contributed by atoms with Crippen LogP contribution in [0.1, 0.15) is 51.0 Å². The fourth-order valence-corrected chi connectivity index (χ4v) is 3.11. The number of hydrogen-bond acceptors (Lipinski definition) is 2. The maximum atomic E-state index is 12.1. The Balaban J connectivity index is 1.79. The van der Waals surface area contributed by atoms with Crippen LogP contribution in [0.15, 0.2) is 35.9 Å². The minimum Gasteiger partial charge on any atom is -0.356 e. The van der Waals surface area contributed by atoms with Crippen LogP contribution < -0.4 is 10.2 Å². The number of allylic oxidation sites excluding steroid dienone is 1. The van der Waals surface area contributed by atoms with Crippen LogP contribution in [-0.2, 0) is 9.59 Å². The van der Waals surface area contributed by atoms with Crippen LogP contribution in [0.2, 0.25) is 0 Å². The molecule has 0 unspecified atom stereocenters. The summed E-state index contributed by atoms with van der Waals surface area (Å²) in [4.78, 5) is 25.7.